The van der Waals surface area contributed by atoms with Gasteiger partial charge in [0.1, 0.15) is 93.5 Å². The number of thiazole rings is 6. The molecule has 0 unspecified atom stereocenters. The van der Waals surface area contributed by atoms with E-state index in [2.05, 4.69) is 51.8 Å². The molecule has 6 amide bonds. The van der Waals surface area contributed by atoms with Gasteiger partial charge in [0.2, 0.25) is 5.91 Å². The van der Waals surface area contributed by atoms with Gasteiger partial charge in [0, 0.05) is 37.8 Å². The quantitative estimate of drug-likeness (QED) is 0.0753. The Bertz CT molecular complexity index is 3440. The number of amides is 6. The summed E-state index contributed by atoms with van der Waals surface area (Å²) < 4.78 is 0. The van der Waals surface area contributed by atoms with Gasteiger partial charge in [-0.3, -0.25) is 33.6 Å². The Kier molecular flexibility index (Phi) is 17.2. The number of Topliss-reactive ketones (excluding diaryl/α,β-unsaturated/α-hetero) is 1. The lowest BCUT2D eigenvalue weighted by molar-refractivity contribution is -0.124. The number of carbonyl (C=O) groups is 7. The van der Waals surface area contributed by atoms with Crippen LogP contribution in [0, 0.1) is 5.92 Å². The topological polar surface area (TPSA) is 322 Å². The third-order valence-electron chi connectivity index (χ3n) is 11.2. The van der Waals surface area contributed by atoms with E-state index in [0.717, 1.165) is 45.3 Å². The fourth-order valence-electron chi connectivity index (χ4n) is 7.17. The van der Waals surface area contributed by atoms with E-state index < -0.39 is 65.8 Å². The van der Waals surface area contributed by atoms with Gasteiger partial charge in [0.25, 0.3) is 29.5 Å². The summed E-state index contributed by atoms with van der Waals surface area (Å²) in [7, 11) is 0. The first-order valence-electron chi connectivity index (χ1n) is 23.1. The number of nitrogens with zero attached hydrogens (tertiary/aromatic N) is 7. The summed E-state index contributed by atoms with van der Waals surface area (Å²) in [5.41, 5.74) is 2.16. The van der Waals surface area contributed by atoms with Gasteiger partial charge in [0.15, 0.2) is 0 Å². The number of hydrogen-bond donors (Lipinski definition) is 8. The summed E-state index contributed by atoms with van der Waals surface area (Å²) in [6, 6.07) is 0.349. The molecule has 28 heteroatoms. The summed E-state index contributed by atoms with van der Waals surface area (Å²) in [5.74, 6) is -4.34. The molecule has 7 aromatic rings. The van der Waals surface area contributed by atoms with Gasteiger partial charge in [0.05, 0.1) is 36.2 Å². The van der Waals surface area contributed by atoms with Crippen molar-refractivity contribution >= 4 is 115 Å². The maximum atomic E-state index is 13.9. The molecule has 76 heavy (non-hydrogen) atoms. The van der Waals surface area contributed by atoms with Crippen LogP contribution in [0.5, 0.6) is 0 Å². The standard InChI is InChI=1S/C48H47N13O9S6/c1-8-24(37(65)49-12-20(5)62)51-38(66)28-15-73-46(56-28)32-18-74-45(58-32)26-11-10-23-36(50-26)27-13-75-48(53-27)35(22(7)64)61-41(69)31-17-76-47(57-31)33(19(3)4)59-39(67)30-16-72-44(55-30)25(9-2)52-42(70)34(21(6)63)60-40(68)29-14-71-43(23)54-29/h8-11,13-19,21-22,33-35,63-64H,12H2,1-7H3,(H,49,65)(H,51,66)(H,52,70)(H,59,67)(H,60,68)(H,61,69)/t21-,22+,33+,34+,35-/m1/s1. The Morgan fingerprint density at radius 1 is 0.618 bits per heavy atom. The van der Waals surface area contributed by atoms with E-state index in [0.29, 0.717) is 53.4 Å². The molecule has 394 valence electrons. The minimum absolute atomic E-state index is 0.0317. The fraction of sp³-hybridized carbons (Fsp3) is 0.292. The highest BCUT2D eigenvalue weighted by molar-refractivity contribution is 7.15. The number of rotatable bonds is 10. The number of fused-ring (bicyclic) bond motifs is 11. The lowest BCUT2D eigenvalue weighted by Crippen LogP contribution is -2.52. The number of aliphatic hydroxyl groups is 2. The van der Waals surface area contributed by atoms with Gasteiger partial charge in [-0.25, -0.2) is 34.9 Å². The maximum absolute atomic E-state index is 13.9. The van der Waals surface area contributed by atoms with E-state index in [4.69, 9.17) is 15.0 Å². The minimum Gasteiger partial charge on any atom is -0.391 e. The highest BCUT2D eigenvalue weighted by Gasteiger charge is 2.32. The second kappa shape index (κ2) is 23.8. The molecule has 5 atom stereocenters. The second-order valence-corrected chi connectivity index (χ2v) is 22.4. The first-order chi connectivity index (χ1) is 36.3. The van der Waals surface area contributed by atoms with Crippen LogP contribution in [0.25, 0.3) is 49.1 Å². The van der Waals surface area contributed by atoms with Crippen LogP contribution in [0.3, 0.4) is 0 Å². The molecule has 0 radical (unpaired) electrons. The van der Waals surface area contributed by atoms with Gasteiger partial charge in [-0.15, -0.1) is 68.0 Å². The Hall–Kier alpha value is -7.18. The van der Waals surface area contributed by atoms with Gasteiger partial charge in [-0.2, -0.15) is 0 Å². The first-order valence-corrected chi connectivity index (χ1v) is 28.4. The predicted molar refractivity (Wildman–Crippen MR) is 289 cm³/mol. The highest BCUT2D eigenvalue weighted by atomic mass is 32.1. The summed E-state index contributed by atoms with van der Waals surface area (Å²) >= 11 is 6.94. The van der Waals surface area contributed by atoms with Gasteiger partial charge in [-0.05, 0) is 52.7 Å². The number of allylic oxidation sites excluding steroid dienone is 2. The van der Waals surface area contributed by atoms with Crippen molar-refractivity contribution in [1.29, 1.82) is 0 Å². The van der Waals surface area contributed by atoms with Crippen molar-refractivity contribution in [3.05, 3.63) is 100 Å². The van der Waals surface area contributed by atoms with Crippen molar-refractivity contribution in [3.8, 4) is 43.4 Å². The van der Waals surface area contributed by atoms with E-state index in [1.807, 2.05) is 13.8 Å². The molecule has 7 aromatic heterocycles. The first kappa shape index (κ1) is 55.1. The normalized spacial score (nSPS) is 18.0. The van der Waals surface area contributed by atoms with E-state index in [1.54, 1.807) is 48.2 Å². The summed E-state index contributed by atoms with van der Waals surface area (Å²) in [6.07, 6.45) is 0.482. The Balaban J connectivity index is 1.15. The van der Waals surface area contributed by atoms with Crippen LogP contribution in [0.4, 0.5) is 0 Å². The number of ketones is 1. The van der Waals surface area contributed by atoms with Crippen LogP contribution in [0.15, 0.2) is 62.3 Å². The molecular formula is C48H47N13O9S6. The minimum atomic E-state index is -1.45. The highest BCUT2D eigenvalue weighted by Crippen LogP contribution is 2.38. The fourth-order valence-corrected chi connectivity index (χ4v) is 12.4. The van der Waals surface area contributed by atoms with Crippen molar-refractivity contribution < 1.29 is 43.8 Å². The van der Waals surface area contributed by atoms with E-state index in [9.17, 15) is 43.8 Å². The molecule has 0 aliphatic carbocycles. The average Bonchev–Trinajstić information content (AvgIpc) is 4.26. The van der Waals surface area contributed by atoms with Crippen LogP contribution in [0.1, 0.15) is 118 Å². The number of nitrogens with one attached hydrogen (secondary N) is 6. The molecule has 1 aliphatic heterocycles. The van der Waals surface area contributed by atoms with Crippen molar-refractivity contribution in [3.63, 3.8) is 0 Å². The summed E-state index contributed by atoms with van der Waals surface area (Å²) in [6.45, 7) is 11.0. The molecule has 0 spiro atoms. The molecular weight excluding hydrogens is 1100 g/mol. The van der Waals surface area contributed by atoms with Crippen LogP contribution in [0.2, 0.25) is 0 Å². The molecule has 8 bridgehead atoms. The zero-order valence-electron chi connectivity index (χ0n) is 41.3. The third-order valence-corrected chi connectivity index (χ3v) is 16.5. The van der Waals surface area contributed by atoms with Crippen molar-refractivity contribution in [2.24, 2.45) is 5.92 Å². The monoisotopic (exact) mass is 1140 g/mol. The van der Waals surface area contributed by atoms with Crippen molar-refractivity contribution in [2.45, 2.75) is 78.8 Å². The van der Waals surface area contributed by atoms with Crippen molar-refractivity contribution in [1.82, 2.24) is 66.8 Å². The summed E-state index contributed by atoms with van der Waals surface area (Å²) in [5, 5.41) is 49.8. The third kappa shape index (κ3) is 12.4. The number of pyridine rings is 1. The SMILES string of the molecule is CC=C(NC(=O)c1csc(-c2csc(-c3ccc4c(n3)-c3csc(n3)[C@@H]([C@H](C)O)NC(=O)c3csc(n3)[C@H](C(C)C)NC(=O)c3csc(n3)C(=CC)NC(=O)[C@H]([C@@H](C)O)NC(=O)c3csc-4n3)n2)n1)C(=O)NCC(C)=O. The lowest BCUT2D eigenvalue weighted by Gasteiger charge is -2.21. The van der Waals surface area contributed by atoms with Crippen LogP contribution in [-0.4, -0.2) is 111 Å². The zero-order chi connectivity index (χ0) is 54.5. The van der Waals surface area contributed by atoms with Crippen molar-refractivity contribution in [2.75, 3.05) is 6.54 Å². The molecule has 8 heterocycles. The zero-order valence-corrected chi connectivity index (χ0v) is 46.2. The van der Waals surface area contributed by atoms with Gasteiger partial charge >= 0.3 is 0 Å². The molecule has 8 rings (SSSR count). The Labute approximate surface area is 457 Å². The summed E-state index contributed by atoms with van der Waals surface area (Å²) in [4.78, 5) is 125. The molecule has 0 fully saturated rings. The number of aromatic nitrogens is 7. The molecule has 0 aromatic carbocycles. The maximum Gasteiger partial charge on any atom is 0.275 e. The predicted octanol–water partition coefficient (Wildman–Crippen LogP) is 5.78. The largest absolute Gasteiger partial charge is 0.391 e. The molecule has 22 nitrogen and oxygen atoms in total. The molecule has 8 N–H and O–H groups in total. The lowest BCUT2D eigenvalue weighted by atomic mass is 10.1. The number of hydrogen-bond acceptors (Lipinski definition) is 22. The van der Waals surface area contributed by atoms with E-state index in [-0.39, 0.29) is 57.4 Å². The number of aliphatic hydroxyl groups excluding tert-OH is 2. The molecule has 1 aliphatic rings. The molecule has 0 saturated heterocycles. The van der Waals surface area contributed by atoms with Crippen LogP contribution >= 0.6 is 68.0 Å². The Morgan fingerprint density at radius 3 is 1.79 bits per heavy atom. The smallest absolute Gasteiger partial charge is 0.275 e. The van der Waals surface area contributed by atoms with Gasteiger partial charge in [-0.1, -0.05) is 26.0 Å². The second-order valence-electron chi connectivity index (χ2n) is 17.2. The van der Waals surface area contributed by atoms with Crippen LogP contribution < -0.4 is 31.9 Å². The molecule has 0 saturated carbocycles. The Morgan fingerprint density at radius 2 is 1.14 bits per heavy atom. The van der Waals surface area contributed by atoms with E-state index in [1.165, 1.54) is 65.7 Å². The average molecular weight is 1140 g/mol. The van der Waals surface area contributed by atoms with Crippen LogP contribution in [-0.2, 0) is 14.4 Å². The van der Waals surface area contributed by atoms with Gasteiger partial charge < -0.3 is 42.1 Å². The van der Waals surface area contributed by atoms with E-state index >= 15 is 0 Å². The number of carbonyl (C=O) groups excluding carboxylic acids is 7.